The van der Waals surface area contributed by atoms with Crippen LogP contribution in [0.15, 0.2) is 48.5 Å². The molecule has 1 aliphatic carbocycles. The van der Waals surface area contributed by atoms with Crippen molar-refractivity contribution in [1.29, 1.82) is 0 Å². The fraction of sp³-hybridized carbons (Fsp3) is 0.278. The van der Waals surface area contributed by atoms with E-state index in [4.69, 9.17) is 4.74 Å². The average molecular weight is 282 g/mol. The number of ether oxygens (including phenoxy) is 1. The van der Waals surface area contributed by atoms with Crippen LogP contribution in [0.2, 0.25) is 0 Å². The maximum Gasteiger partial charge on any atom is 0.336 e. The smallest absolute Gasteiger partial charge is 0.336 e. The van der Waals surface area contributed by atoms with Crippen molar-refractivity contribution in [2.24, 2.45) is 0 Å². The van der Waals surface area contributed by atoms with Crippen molar-refractivity contribution in [2.75, 3.05) is 0 Å². The van der Waals surface area contributed by atoms with E-state index in [0.29, 0.717) is 18.3 Å². The molecule has 0 unspecified atom stereocenters. The van der Waals surface area contributed by atoms with E-state index in [2.05, 4.69) is 0 Å². The molecule has 21 heavy (non-hydrogen) atoms. The number of carboxylic acids is 1. The van der Waals surface area contributed by atoms with Gasteiger partial charge in [0.1, 0.15) is 0 Å². The Hall–Kier alpha value is -2.13. The third-order valence-corrected chi connectivity index (χ3v) is 3.96. The Bertz CT molecular complexity index is 627. The lowest BCUT2D eigenvalue weighted by Crippen LogP contribution is -2.21. The molecule has 2 aromatic carbocycles. The highest BCUT2D eigenvalue weighted by atomic mass is 16.5. The summed E-state index contributed by atoms with van der Waals surface area (Å²) in [4.78, 5) is 11.3. The molecule has 108 valence electrons. The van der Waals surface area contributed by atoms with Crippen LogP contribution < -0.4 is 0 Å². The van der Waals surface area contributed by atoms with Crippen LogP contribution in [0.3, 0.4) is 0 Å². The van der Waals surface area contributed by atoms with Gasteiger partial charge < -0.3 is 9.84 Å². The molecule has 1 saturated carbocycles. The largest absolute Gasteiger partial charge is 0.478 e. The van der Waals surface area contributed by atoms with Crippen LogP contribution in [0.4, 0.5) is 0 Å². The molecule has 0 radical (unpaired) electrons. The predicted octanol–water partition coefficient (Wildman–Crippen LogP) is 4.12. The standard InChI is InChI=1S/C18H18O3/c19-18(20)17-7-2-1-6-16(17)14-10-8-13(9-11-14)12-21-15-4-3-5-15/h1-2,6-11,15H,3-5,12H2,(H,19,20). The summed E-state index contributed by atoms with van der Waals surface area (Å²) in [6, 6.07) is 15.0. The maximum absolute atomic E-state index is 11.3. The Morgan fingerprint density at radius 2 is 1.81 bits per heavy atom. The van der Waals surface area contributed by atoms with Crippen molar-refractivity contribution >= 4 is 5.97 Å². The van der Waals surface area contributed by atoms with Gasteiger partial charge in [-0.05, 0) is 42.0 Å². The zero-order valence-electron chi connectivity index (χ0n) is 11.8. The van der Waals surface area contributed by atoms with Crippen LogP contribution in [0.25, 0.3) is 11.1 Å². The Morgan fingerprint density at radius 3 is 2.43 bits per heavy atom. The number of hydrogen-bond acceptors (Lipinski definition) is 2. The molecule has 1 aliphatic rings. The van der Waals surface area contributed by atoms with Gasteiger partial charge in [-0.2, -0.15) is 0 Å². The second kappa shape index (κ2) is 6.10. The van der Waals surface area contributed by atoms with E-state index in [-0.39, 0.29) is 0 Å². The normalized spacial score (nSPS) is 14.7. The highest BCUT2D eigenvalue weighted by Gasteiger charge is 2.17. The molecule has 0 aliphatic heterocycles. The SMILES string of the molecule is O=C(O)c1ccccc1-c1ccc(COC2CCC2)cc1. The number of hydrogen-bond donors (Lipinski definition) is 1. The summed E-state index contributed by atoms with van der Waals surface area (Å²) in [5.74, 6) is -0.900. The van der Waals surface area contributed by atoms with Crippen molar-refractivity contribution in [3.8, 4) is 11.1 Å². The molecule has 0 aromatic heterocycles. The second-order valence-electron chi connectivity index (χ2n) is 5.41. The summed E-state index contributed by atoms with van der Waals surface area (Å²) in [5, 5.41) is 9.24. The minimum Gasteiger partial charge on any atom is -0.478 e. The Labute approximate surface area is 124 Å². The van der Waals surface area contributed by atoms with E-state index in [1.807, 2.05) is 36.4 Å². The van der Waals surface area contributed by atoms with Gasteiger partial charge in [0.15, 0.2) is 0 Å². The number of aromatic carboxylic acids is 1. The molecule has 3 nitrogen and oxygen atoms in total. The van der Waals surface area contributed by atoms with Gasteiger partial charge in [-0.15, -0.1) is 0 Å². The third kappa shape index (κ3) is 3.14. The predicted molar refractivity (Wildman–Crippen MR) is 81.3 cm³/mol. The zero-order valence-corrected chi connectivity index (χ0v) is 11.8. The van der Waals surface area contributed by atoms with Gasteiger partial charge in [0, 0.05) is 0 Å². The minimum absolute atomic E-state index is 0.330. The van der Waals surface area contributed by atoms with Gasteiger partial charge in [0.25, 0.3) is 0 Å². The molecule has 1 N–H and O–H groups in total. The number of carbonyl (C=O) groups is 1. The van der Waals surface area contributed by atoms with Gasteiger partial charge >= 0.3 is 5.97 Å². The Balaban J connectivity index is 1.75. The summed E-state index contributed by atoms with van der Waals surface area (Å²) in [5.41, 5.74) is 3.12. The highest BCUT2D eigenvalue weighted by molar-refractivity contribution is 5.95. The molecular formula is C18H18O3. The van der Waals surface area contributed by atoms with Crippen LogP contribution in [0.5, 0.6) is 0 Å². The molecule has 3 rings (SSSR count). The molecule has 0 amide bonds. The van der Waals surface area contributed by atoms with E-state index >= 15 is 0 Å². The first kappa shape index (κ1) is 13.8. The zero-order chi connectivity index (χ0) is 14.7. The van der Waals surface area contributed by atoms with E-state index in [1.54, 1.807) is 12.1 Å². The van der Waals surface area contributed by atoms with Crippen LogP contribution in [-0.4, -0.2) is 17.2 Å². The first-order valence-corrected chi connectivity index (χ1v) is 7.27. The molecule has 0 spiro atoms. The van der Waals surface area contributed by atoms with Crippen LogP contribution in [0.1, 0.15) is 35.2 Å². The number of carboxylic acid groups (broad SMARTS) is 1. The molecule has 1 fully saturated rings. The van der Waals surface area contributed by atoms with Gasteiger partial charge in [0.05, 0.1) is 18.3 Å². The van der Waals surface area contributed by atoms with Gasteiger partial charge in [0.2, 0.25) is 0 Å². The van der Waals surface area contributed by atoms with E-state index in [9.17, 15) is 9.90 Å². The molecule has 0 atom stereocenters. The number of benzene rings is 2. The van der Waals surface area contributed by atoms with Crippen molar-refractivity contribution in [1.82, 2.24) is 0 Å². The Morgan fingerprint density at radius 1 is 1.10 bits per heavy atom. The van der Waals surface area contributed by atoms with Crippen LogP contribution >= 0.6 is 0 Å². The van der Waals surface area contributed by atoms with E-state index in [0.717, 1.165) is 16.7 Å². The van der Waals surface area contributed by atoms with Gasteiger partial charge in [-0.1, -0.05) is 42.5 Å². The molecular weight excluding hydrogens is 264 g/mol. The first-order chi connectivity index (χ1) is 10.2. The highest BCUT2D eigenvalue weighted by Crippen LogP contribution is 2.26. The minimum atomic E-state index is -0.900. The van der Waals surface area contributed by atoms with E-state index in [1.165, 1.54) is 19.3 Å². The fourth-order valence-electron chi connectivity index (χ4n) is 2.45. The van der Waals surface area contributed by atoms with Crippen LogP contribution in [0, 0.1) is 0 Å². The lowest BCUT2D eigenvalue weighted by Gasteiger charge is -2.25. The van der Waals surface area contributed by atoms with Gasteiger partial charge in [-0.25, -0.2) is 4.79 Å². The Kier molecular flexibility index (Phi) is 4.02. The average Bonchev–Trinajstić information content (AvgIpc) is 2.46. The van der Waals surface area contributed by atoms with Crippen molar-refractivity contribution in [3.63, 3.8) is 0 Å². The maximum atomic E-state index is 11.3. The molecule has 0 saturated heterocycles. The lowest BCUT2D eigenvalue weighted by atomic mass is 9.96. The number of rotatable bonds is 5. The fourth-order valence-corrected chi connectivity index (χ4v) is 2.45. The van der Waals surface area contributed by atoms with E-state index < -0.39 is 5.97 Å². The monoisotopic (exact) mass is 282 g/mol. The topological polar surface area (TPSA) is 46.5 Å². The van der Waals surface area contributed by atoms with Crippen molar-refractivity contribution < 1.29 is 14.6 Å². The molecule has 0 heterocycles. The summed E-state index contributed by atoms with van der Waals surface area (Å²) in [6.45, 7) is 0.630. The molecule has 0 bridgehead atoms. The lowest BCUT2D eigenvalue weighted by molar-refractivity contribution is -0.00865. The molecule has 2 aromatic rings. The summed E-state index contributed by atoms with van der Waals surface area (Å²) in [6.07, 6.45) is 4.04. The van der Waals surface area contributed by atoms with Crippen molar-refractivity contribution in [3.05, 3.63) is 59.7 Å². The van der Waals surface area contributed by atoms with Crippen molar-refractivity contribution in [2.45, 2.75) is 32.0 Å². The van der Waals surface area contributed by atoms with Crippen LogP contribution in [-0.2, 0) is 11.3 Å². The summed E-state index contributed by atoms with van der Waals surface area (Å²) < 4.78 is 5.78. The van der Waals surface area contributed by atoms with Gasteiger partial charge in [-0.3, -0.25) is 0 Å². The summed E-state index contributed by atoms with van der Waals surface area (Å²) >= 11 is 0. The quantitative estimate of drug-likeness (QED) is 0.897. The first-order valence-electron chi connectivity index (χ1n) is 7.27. The molecule has 3 heteroatoms. The summed E-state index contributed by atoms with van der Waals surface area (Å²) in [7, 11) is 0. The third-order valence-electron chi connectivity index (χ3n) is 3.96. The second-order valence-corrected chi connectivity index (χ2v) is 5.41.